The van der Waals surface area contributed by atoms with Gasteiger partial charge in [0.25, 0.3) is 0 Å². The van der Waals surface area contributed by atoms with Gasteiger partial charge in [-0.15, -0.1) is 0 Å². The van der Waals surface area contributed by atoms with E-state index >= 15 is 0 Å². The summed E-state index contributed by atoms with van der Waals surface area (Å²) in [6, 6.07) is 3.83. The third kappa shape index (κ3) is 6.63. The average Bonchev–Trinajstić information content (AvgIpc) is 3.08. The lowest BCUT2D eigenvalue weighted by Gasteiger charge is -2.38. The number of carbonyl (C=O) groups excluding carboxylic acids is 3. The van der Waals surface area contributed by atoms with Crippen LogP contribution in [0.5, 0.6) is 0 Å². The Morgan fingerprint density at radius 3 is 2.58 bits per heavy atom. The molecular weight excluding hydrogens is 505 g/mol. The van der Waals surface area contributed by atoms with E-state index in [9.17, 15) is 14.4 Å². The van der Waals surface area contributed by atoms with Crippen LogP contribution >= 0.6 is 23.2 Å². The minimum Gasteiger partial charge on any atom is -0.463 e. The number of amides is 4. The Kier molecular flexibility index (Phi) is 10.3. The molecule has 36 heavy (non-hydrogen) atoms. The molecule has 0 saturated carbocycles. The third-order valence-electron chi connectivity index (χ3n) is 6.30. The highest BCUT2D eigenvalue weighted by molar-refractivity contribution is 6.35. The lowest BCUT2D eigenvalue weighted by Crippen LogP contribution is -2.51. The maximum atomic E-state index is 13.3. The number of urea groups is 2. The number of esters is 1. The smallest absolute Gasteiger partial charge is 0.338 e. The Hall–Kier alpha value is -2.49. The number of hydrogen-bond donors (Lipinski definition) is 2. The molecule has 1 fully saturated rings. The van der Waals surface area contributed by atoms with Crippen molar-refractivity contribution in [2.24, 2.45) is 0 Å². The Morgan fingerprint density at radius 1 is 1.14 bits per heavy atom. The van der Waals surface area contributed by atoms with Crippen LogP contribution in [0.1, 0.15) is 45.2 Å². The van der Waals surface area contributed by atoms with Crippen molar-refractivity contribution in [3.8, 4) is 0 Å². The second-order valence-electron chi connectivity index (χ2n) is 8.72. The molecule has 0 aliphatic carbocycles. The van der Waals surface area contributed by atoms with Crippen molar-refractivity contribution in [2.45, 2.75) is 39.7 Å². The minimum atomic E-state index is -0.776. The first-order valence-electron chi connectivity index (χ1n) is 12.5. The van der Waals surface area contributed by atoms with E-state index in [-0.39, 0.29) is 18.7 Å². The molecule has 2 N–H and O–H groups in total. The fraction of sp³-hybridized carbons (Fsp3) is 0.560. The average molecular weight is 540 g/mol. The molecule has 1 atom stereocenters. The fourth-order valence-corrected chi connectivity index (χ4v) is 5.03. The van der Waals surface area contributed by atoms with Crippen LogP contribution in [0, 0.1) is 0 Å². The Bertz CT molecular complexity index is 1000. The van der Waals surface area contributed by atoms with Gasteiger partial charge in [-0.05, 0) is 44.4 Å². The molecule has 0 aromatic heterocycles. The number of halogens is 2. The van der Waals surface area contributed by atoms with Gasteiger partial charge in [0.2, 0.25) is 0 Å². The summed E-state index contributed by atoms with van der Waals surface area (Å²) in [6.45, 7) is 9.75. The Labute approximate surface area is 222 Å². The summed E-state index contributed by atoms with van der Waals surface area (Å²) in [7, 11) is 0. The van der Waals surface area contributed by atoms with Crippen molar-refractivity contribution in [2.75, 3.05) is 52.4 Å². The van der Waals surface area contributed by atoms with E-state index in [0.29, 0.717) is 66.1 Å². The number of nitrogens with zero attached hydrogens (tertiary/aromatic N) is 3. The third-order valence-corrected chi connectivity index (χ3v) is 6.86. The molecule has 1 aromatic rings. The van der Waals surface area contributed by atoms with Crippen LogP contribution < -0.4 is 10.6 Å². The Morgan fingerprint density at radius 2 is 1.92 bits per heavy atom. The molecule has 1 aromatic carbocycles. The number of likely N-dealkylation sites (N-methyl/N-ethyl adjacent to an activating group) is 1. The van der Waals surface area contributed by atoms with E-state index < -0.39 is 12.0 Å². The molecule has 3 rings (SSSR count). The van der Waals surface area contributed by atoms with Crippen molar-refractivity contribution in [1.82, 2.24) is 25.3 Å². The summed E-state index contributed by atoms with van der Waals surface area (Å²) in [4.78, 5) is 44.5. The summed E-state index contributed by atoms with van der Waals surface area (Å²) < 4.78 is 5.43. The van der Waals surface area contributed by atoms with Crippen molar-refractivity contribution < 1.29 is 19.1 Å². The van der Waals surface area contributed by atoms with Gasteiger partial charge in [-0.1, -0.05) is 36.2 Å². The zero-order valence-electron chi connectivity index (χ0n) is 21.1. The molecule has 2 aliphatic heterocycles. The van der Waals surface area contributed by atoms with Crippen LogP contribution in [0.3, 0.4) is 0 Å². The van der Waals surface area contributed by atoms with E-state index in [1.54, 1.807) is 30.0 Å². The molecule has 0 radical (unpaired) electrons. The summed E-state index contributed by atoms with van der Waals surface area (Å²) in [5.74, 6) is -0.502. The van der Waals surface area contributed by atoms with Crippen LogP contribution in [0.4, 0.5) is 9.59 Å². The fourth-order valence-electron chi connectivity index (χ4n) is 4.51. The van der Waals surface area contributed by atoms with Gasteiger partial charge in [-0.3, -0.25) is 9.80 Å². The van der Waals surface area contributed by atoms with Gasteiger partial charge in [0, 0.05) is 61.6 Å². The maximum Gasteiger partial charge on any atom is 0.338 e. The first kappa shape index (κ1) is 28.1. The normalized spacial score (nSPS) is 19.1. The summed E-state index contributed by atoms with van der Waals surface area (Å²) in [5.41, 5.74) is 1.50. The molecule has 2 heterocycles. The van der Waals surface area contributed by atoms with Gasteiger partial charge < -0.3 is 20.3 Å². The molecule has 11 heteroatoms. The van der Waals surface area contributed by atoms with E-state index in [1.165, 1.54) is 0 Å². The van der Waals surface area contributed by atoms with E-state index in [1.807, 2.05) is 18.7 Å². The van der Waals surface area contributed by atoms with Crippen LogP contribution in [-0.4, -0.2) is 85.2 Å². The molecule has 2 aliphatic rings. The number of nitrogens with one attached hydrogen (secondary N) is 2. The van der Waals surface area contributed by atoms with Gasteiger partial charge in [-0.2, -0.15) is 0 Å². The SMILES string of the molecule is CCCNC(=O)N1CCCN(CC2=C(C(=O)OCC)[C@H](c3ccc(Cl)cc3Cl)NC(=O)N2CC)CC1. The number of rotatable bonds is 8. The summed E-state index contributed by atoms with van der Waals surface area (Å²) in [5, 5.41) is 6.67. The first-order chi connectivity index (χ1) is 17.3. The molecule has 4 amide bonds. The lowest BCUT2D eigenvalue weighted by atomic mass is 9.94. The molecule has 1 saturated heterocycles. The highest BCUT2D eigenvalue weighted by Crippen LogP contribution is 2.36. The number of benzene rings is 1. The van der Waals surface area contributed by atoms with Gasteiger partial charge in [0.15, 0.2) is 0 Å². The number of carbonyl (C=O) groups is 3. The lowest BCUT2D eigenvalue weighted by molar-refractivity contribution is -0.139. The quantitative estimate of drug-likeness (QED) is 0.486. The van der Waals surface area contributed by atoms with Crippen molar-refractivity contribution in [3.63, 3.8) is 0 Å². The van der Waals surface area contributed by atoms with Gasteiger partial charge in [0.05, 0.1) is 18.2 Å². The van der Waals surface area contributed by atoms with Crippen LogP contribution in [-0.2, 0) is 9.53 Å². The molecule has 198 valence electrons. The second-order valence-corrected chi connectivity index (χ2v) is 9.57. The largest absolute Gasteiger partial charge is 0.463 e. The second kappa shape index (κ2) is 13.2. The number of hydrogen-bond acceptors (Lipinski definition) is 5. The predicted octanol–water partition coefficient (Wildman–Crippen LogP) is 4.02. The van der Waals surface area contributed by atoms with E-state index in [2.05, 4.69) is 15.5 Å². The van der Waals surface area contributed by atoms with Crippen LogP contribution in [0.15, 0.2) is 29.5 Å². The van der Waals surface area contributed by atoms with Crippen molar-refractivity contribution in [3.05, 3.63) is 45.1 Å². The minimum absolute atomic E-state index is 0.0604. The van der Waals surface area contributed by atoms with E-state index in [0.717, 1.165) is 19.4 Å². The highest BCUT2D eigenvalue weighted by atomic mass is 35.5. The standard InChI is InChI=1S/C25H35Cl2N5O4/c1-4-10-28-24(34)31-12-7-11-30(13-14-31)16-20-21(23(33)36-6-3)22(29-25(35)32(20)5-2)18-9-8-17(26)15-19(18)27/h8-9,15,22H,4-7,10-14,16H2,1-3H3,(H,28,34)(H,29,35)/t22-/m0/s1. The highest BCUT2D eigenvalue weighted by Gasteiger charge is 2.39. The molecule has 0 spiro atoms. The topological polar surface area (TPSA) is 94.2 Å². The van der Waals surface area contributed by atoms with Gasteiger partial charge in [-0.25, -0.2) is 14.4 Å². The first-order valence-corrected chi connectivity index (χ1v) is 13.2. The molecule has 9 nitrogen and oxygen atoms in total. The van der Waals surface area contributed by atoms with E-state index in [4.69, 9.17) is 27.9 Å². The summed E-state index contributed by atoms with van der Waals surface area (Å²) in [6.07, 6.45) is 1.66. The summed E-state index contributed by atoms with van der Waals surface area (Å²) >= 11 is 12.6. The molecular formula is C25H35Cl2N5O4. The maximum absolute atomic E-state index is 13.3. The monoisotopic (exact) mass is 539 g/mol. The zero-order chi connectivity index (χ0) is 26.2. The van der Waals surface area contributed by atoms with Gasteiger partial charge in [0.1, 0.15) is 0 Å². The van der Waals surface area contributed by atoms with Crippen LogP contribution in [0.2, 0.25) is 10.0 Å². The molecule has 0 unspecified atom stereocenters. The molecule has 0 bridgehead atoms. The van der Waals surface area contributed by atoms with Crippen molar-refractivity contribution >= 4 is 41.2 Å². The van der Waals surface area contributed by atoms with Crippen molar-refractivity contribution in [1.29, 1.82) is 0 Å². The Balaban J connectivity index is 1.95. The number of ether oxygens (including phenoxy) is 1. The van der Waals surface area contributed by atoms with Gasteiger partial charge >= 0.3 is 18.0 Å². The van der Waals surface area contributed by atoms with Crippen LogP contribution in [0.25, 0.3) is 0 Å². The predicted molar refractivity (Wildman–Crippen MR) is 140 cm³/mol. The zero-order valence-corrected chi connectivity index (χ0v) is 22.6.